The van der Waals surface area contributed by atoms with Crippen LogP contribution in [0.4, 0.5) is 5.69 Å². The number of nitrogens with zero attached hydrogens (tertiary/aromatic N) is 2. The molecule has 0 radical (unpaired) electrons. The van der Waals surface area contributed by atoms with Gasteiger partial charge in [0.05, 0.1) is 11.7 Å². The molecule has 5 rings (SSSR count). The quantitative estimate of drug-likeness (QED) is 0.818. The predicted molar refractivity (Wildman–Crippen MR) is 101 cm³/mol. The van der Waals surface area contributed by atoms with Crippen LogP contribution in [0.3, 0.4) is 0 Å². The number of carbonyl (C=O) groups is 1. The summed E-state index contributed by atoms with van der Waals surface area (Å²) in [6, 6.07) is 5.15. The molecular formula is C19H19N3O4S. The van der Waals surface area contributed by atoms with E-state index < -0.39 is 0 Å². The number of aryl methyl sites for hydroxylation is 1. The molecule has 27 heavy (non-hydrogen) atoms. The van der Waals surface area contributed by atoms with Gasteiger partial charge in [-0.1, -0.05) is 11.8 Å². The third-order valence-corrected chi connectivity index (χ3v) is 6.30. The molecule has 0 spiro atoms. The van der Waals surface area contributed by atoms with Gasteiger partial charge in [0, 0.05) is 29.5 Å². The van der Waals surface area contributed by atoms with Gasteiger partial charge in [0.1, 0.15) is 0 Å². The van der Waals surface area contributed by atoms with Crippen molar-refractivity contribution in [3.05, 3.63) is 39.8 Å². The lowest BCUT2D eigenvalue weighted by Gasteiger charge is -2.18. The molecule has 0 bridgehead atoms. The lowest BCUT2D eigenvalue weighted by atomic mass is 9.97. The number of hydrogen-bond acceptors (Lipinski definition) is 6. The van der Waals surface area contributed by atoms with Gasteiger partial charge in [-0.3, -0.25) is 14.2 Å². The molecule has 1 aromatic carbocycles. The third-order valence-electron chi connectivity index (χ3n) is 5.20. The second-order valence-corrected chi connectivity index (χ2v) is 7.97. The maximum atomic E-state index is 12.9. The van der Waals surface area contributed by atoms with Crippen LogP contribution in [0.2, 0.25) is 0 Å². The summed E-state index contributed by atoms with van der Waals surface area (Å²) >= 11 is 1.56. The minimum absolute atomic E-state index is 0.0422. The van der Waals surface area contributed by atoms with Gasteiger partial charge >= 0.3 is 0 Å². The van der Waals surface area contributed by atoms with Crippen molar-refractivity contribution < 1.29 is 14.3 Å². The molecule has 1 aromatic heterocycles. The highest BCUT2D eigenvalue weighted by Gasteiger charge is 2.30. The first kappa shape index (κ1) is 16.7. The van der Waals surface area contributed by atoms with Crippen LogP contribution in [0.15, 0.2) is 28.2 Å². The Morgan fingerprint density at radius 3 is 3.04 bits per heavy atom. The minimum atomic E-state index is -0.161. The summed E-state index contributed by atoms with van der Waals surface area (Å²) in [6.07, 6.45) is 4.05. The van der Waals surface area contributed by atoms with E-state index in [9.17, 15) is 9.59 Å². The zero-order valence-electron chi connectivity index (χ0n) is 14.7. The van der Waals surface area contributed by atoms with E-state index in [2.05, 4.69) is 5.32 Å². The van der Waals surface area contributed by atoms with E-state index in [1.54, 1.807) is 34.5 Å². The molecule has 0 fully saturated rings. The number of ether oxygens (including phenoxy) is 2. The molecule has 1 atom stereocenters. The van der Waals surface area contributed by atoms with Gasteiger partial charge in [0.2, 0.25) is 12.7 Å². The van der Waals surface area contributed by atoms with Gasteiger partial charge in [-0.2, -0.15) is 0 Å². The number of thioether (sulfide) groups is 1. The number of anilines is 1. The summed E-state index contributed by atoms with van der Waals surface area (Å²) in [5.41, 5.74) is 2.50. The Bertz CT molecular complexity index is 988. The Morgan fingerprint density at radius 2 is 2.11 bits per heavy atom. The van der Waals surface area contributed by atoms with Crippen LogP contribution < -0.4 is 20.3 Å². The fraction of sp³-hybridized carbons (Fsp3) is 0.421. The predicted octanol–water partition coefficient (Wildman–Crippen LogP) is 2.53. The van der Waals surface area contributed by atoms with Gasteiger partial charge in [0.25, 0.3) is 5.56 Å². The van der Waals surface area contributed by atoms with Gasteiger partial charge in [-0.05, 0) is 37.8 Å². The Kier molecular flexibility index (Phi) is 4.07. The van der Waals surface area contributed by atoms with Gasteiger partial charge < -0.3 is 14.8 Å². The largest absolute Gasteiger partial charge is 0.454 e. The molecule has 140 valence electrons. The summed E-state index contributed by atoms with van der Waals surface area (Å²) in [6.45, 7) is 0.197. The summed E-state index contributed by atoms with van der Waals surface area (Å²) in [5, 5.41) is 3.64. The summed E-state index contributed by atoms with van der Waals surface area (Å²) in [5.74, 6) is 1.87. The molecule has 0 saturated carbocycles. The topological polar surface area (TPSA) is 82.5 Å². The third kappa shape index (κ3) is 2.97. The summed E-state index contributed by atoms with van der Waals surface area (Å²) < 4.78 is 12.3. The number of carbonyl (C=O) groups excluding carboxylic acids is 1. The number of hydrogen-bond donors (Lipinski definition) is 1. The maximum absolute atomic E-state index is 12.9. The SMILES string of the molecule is O=C(CC1CSc2nc3c(c(=O)n21)CCCC3)Nc1ccc2c(c1)OCO2. The smallest absolute Gasteiger partial charge is 0.257 e. The average Bonchev–Trinajstić information content (AvgIpc) is 3.28. The molecular weight excluding hydrogens is 366 g/mol. The average molecular weight is 385 g/mol. The van der Waals surface area contributed by atoms with Gasteiger partial charge in [-0.25, -0.2) is 4.98 Å². The number of rotatable bonds is 3. The Labute approximate surface area is 160 Å². The van der Waals surface area contributed by atoms with Crippen molar-refractivity contribution in [1.82, 2.24) is 9.55 Å². The van der Waals surface area contributed by atoms with Crippen LogP contribution >= 0.6 is 11.8 Å². The normalized spacial score (nSPS) is 19.5. The minimum Gasteiger partial charge on any atom is -0.454 e. The van der Waals surface area contributed by atoms with E-state index >= 15 is 0 Å². The van der Waals surface area contributed by atoms with Crippen molar-refractivity contribution >= 4 is 23.4 Å². The first-order chi connectivity index (χ1) is 13.2. The fourth-order valence-corrected chi connectivity index (χ4v) is 5.02. The second-order valence-electron chi connectivity index (χ2n) is 6.99. The van der Waals surface area contributed by atoms with E-state index in [1.165, 1.54) is 0 Å². The molecule has 1 aliphatic carbocycles. The van der Waals surface area contributed by atoms with Crippen LogP contribution in [-0.2, 0) is 17.6 Å². The van der Waals surface area contributed by atoms with Crippen molar-refractivity contribution in [1.29, 1.82) is 0 Å². The first-order valence-corrected chi connectivity index (χ1v) is 10.1. The van der Waals surface area contributed by atoms with Crippen molar-refractivity contribution in [2.24, 2.45) is 0 Å². The molecule has 1 amide bonds. The highest BCUT2D eigenvalue weighted by molar-refractivity contribution is 7.99. The van der Waals surface area contributed by atoms with E-state index in [1.807, 2.05) is 0 Å². The molecule has 7 nitrogen and oxygen atoms in total. The molecule has 1 N–H and O–H groups in total. The maximum Gasteiger partial charge on any atom is 0.257 e. The molecule has 3 aliphatic rings. The number of benzene rings is 1. The highest BCUT2D eigenvalue weighted by atomic mass is 32.2. The van der Waals surface area contributed by atoms with Crippen LogP contribution in [0, 0.1) is 0 Å². The summed E-state index contributed by atoms with van der Waals surface area (Å²) in [7, 11) is 0. The Hall–Kier alpha value is -2.48. The molecule has 3 heterocycles. The van der Waals surface area contributed by atoms with Crippen molar-refractivity contribution in [2.75, 3.05) is 17.9 Å². The van der Waals surface area contributed by atoms with Crippen molar-refractivity contribution in [3.8, 4) is 11.5 Å². The van der Waals surface area contributed by atoms with E-state index in [4.69, 9.17) is 14.5 Å². The monoisotopic (exact) mass is 385 g/mol. The summed E-state index contributed by atoms with van der Waals surface area (Å²) in [4.78, 5) is 30.2. The Balaban J connectivity index is 1.34. The van der Waals surface area contributed by atoms with E-state index in [0.717, 1.165) is 42.1 Å². The number of amides is 1. The Morgan fingerprint density at radius 1 is 1.26 bits per heavy atom. The molecule has 2 aliphatic heterocycles. The van der Waals surface area contributed by atoms with E-state index in [0.29, 0.717) is 22.9 Å². The van der Waals surface area contributed by atoms with Gasteiger partial charge in [-0.15, -0.1) is 0 Å². The fourth-order valence-electron chi connectivity index (χ4n) is 3.86. The van der Waals surface area contributed by atoms with Crippen LogP contribution in [-0.4, -0.2) is 28.0 Å². The molecule has 1 unspecified atom stereocenters. The van der Waals surface area contributed by atoms with Crippen molar-refractivity contribution in [2.45, 2.75) is 43.3 Å². The zero-order chi connectivity index (χ0) is 18.4. The zero-order valence-corrected chi connectivity index (χ0v) is 15.5. The van der Waals surface area contributed by atoms with Crippen LogP contribution in [0.25, 0.3) is 0 Å². The number of fused-ring (bicyclic) bond motifs is 3. The van der Waals surface area contributed by atoms with Crippen LogP contribution in [0.1, 0.15) is 36.6 Å². The lowest BCUT2D eigenvalue weighted by Crippen LogP contribution is -2.32. The molecule has 0 saturated heterocycles. The first-order valence-electron chi connectivity index (χ1n) is 9.15. The van der Waals surface area contributed by atoms with Crippen LogP contribution in [0.5, 0.6) is 11.5 Å². The standard InChI is InChI=1S/C19H19N3O4S/c23-17(20-11-5-6-15-16(7-11)26-10-25-15)8-12-9-27-19-21-14-4-2-1-3-13(14)18(24)22(12)19/h5-7,12H,1-4,8-10H2,(H,20,23). The molecule has 8 heteroatoms. The number of nitrogens with one attached hydrogen (secondary N) is 1. The lowest BCUT2D eigenvalue weighted by molar-refractivity contribution is -0.116. The second kappa shape index (κ2) is 6.60. The van der Waals surface area contributed by atoms with Gasteiger partial charge in [0.15, 0.2) is 16.7 Å². The van der Waals surface area contributed by atoms with E-state index in [-0.39, 0.29) is 30.7 Å². The number of aromatic nitrogens is 2. The molecule has 2 aromatic rings. The van der Waals surface area contributed by atoms with Crippen molar-refractivity contribution in [3.63, 3.8) is 0 Å². The highest BCUT2D eigenvalue weighted by Crippen LogP contribution is 2.36.